The van der Waals surface area contributed by atoms with Gasteiger partial charge in [-0.1, -0.05) is 11.6 Å². The number of benzene rings is 2. The third kappa shape index (κ3) is 3.83. The van der Waals surface area contributed by atoms with Crippen molar-refractivity contribution in [1.29, 1.82) is 0 Å². The second-order valence-corrected chi connectivity index (χ2v) is 9.44. The van der Waals surface area contributed by atoms with E-state index in [0.717, 1.165) is 11.4 Å². The Balaban J connectivity index is 1.86. The number of aryl methyl sites for hydroxylation is 1. The van der Waals surface area contributed by atoms with Crippen molar-refractivity contribution in [2.75, 3.05) is 31.2 Å². The van der Waals surface area contributed by atoms with E-state index in [1.165, 1.54) is 6.07 Å². The van der Waals surface area contributed by atoms with E-state index in [4.69, 9.17) is 28.6 Å². The Kier molecular flexibility index (Phi) is 5.48. The van der Waals surface area contributed by atoms with E-state index in [9.17, 15) is 8.42 Å². The first-order valence-electron chi connectivity index (χ1n) is 8.98. The van der Waals surface area contributed by atoms with Crippen LogP contribution in [0.25, 0.3) is 5.69 Å². The van der Waals surface area contributed by atoms with Crippen LogP contribution in [-0.2, 0) is 14.6 Å². The van der Waals surface area contributed by atoms with Gasteiger partial charge in [0.2, 0.25) is 9.84 Å². The van der Waals surface area contributed by atoms with Gasteiger partial charge in [-0.25, -0.2) is 8.42 Å². The van der Waals surface area contributed by atoms with Crippen molar-refractivity contribution in [1.82, 2.24) is 14.8 Å². The zero-order valence-electron chi connectivity index (χ0n) is 15.6. The summed E-state index contributed by atoms with van der Waals surface area (Å²) >= 11 is 11.4. The summed E-state index contributed by atoms with van der Waals surface area (Å²) in [5.74, 6) is 0. The molecule has 0 atom stereocenters. The fraction of sp³-hybridized carbons (Fsp3) is 0.263. The third-order valence-electron chi connectivity index (χ3n) is 4.86. The number of anilines is 1. The van der Waals surface area contributed by atoms with Crippen LogP contribution in [0, 0.1) is 11.7 Å². The molecule has 0 amide bonds. The first kappa shape index (κ1) is 20.1. The van der Waals surface area contributed by atoms with E-state index in [-0.39, 0.29) is 9.79 Å². The average Bonchev–Trinajstić information content (AvgIpc) is 3.16. The first-order chi connectivity index (χ1) is 13.9. The van der Waals surface area contributed by atoms with Crippen LogP contribution < -0.4 is 4.90 Å². The molecule has 1 aliphatic heterocycles. The Morgan fingerprint density at radius 2 is 1.79 bits per heavy atom. The maximum absolute atomic E-state index is 13.3. The fourth-order valence-electron chi connectivity index (χ4n) is 3.27. The second kappa shape index (κ2) is 7.91. The van der Waals surface area contributed by atoms with E-state index in [1.807, 2.05) is 0 Å². The number of hydrogen-bond donors (Lipinski definition) is 1. The number of halogens is 1. The quantitative estimate of drug-likeness (QED) is 0.612. The molecule has 4 rings (SSSR count). The van der Waals surface area contributed by atoms with Gasteiger partial charge in [0.15, 0.2) is 4.77 Å². The van der Waals surface area contributed by atoms with Crippen molar-refractivity contribution in [2.45, 2.75) is 16.7 Å². The molecule has 2 aromatic carbocycles. The van der Waals surface area contributed by atoms with Gasteiger partial charge in [-0.3, -0.25) is 9.67 Å². The van der Waals surface area contributed by atoms with Crippen LogP contribution in [0.5, 0.6) is 0 Å². The molecule has 1 saturated heterocycles. The highest BCUT2D eigenvalue weighted by molar-refractivity contribution is 7.91. The van der Waals surface area contributed by atoms with Crippen molar-refractivity contribution >= 4 is 39.3 Å². The molecule has 10 heteroatoms. The number of nitrogens with one attached hydrogen (secondary N) is 1. The molecule has 1 fully saturated rings. The Morgan fingerprint density at radius 1 is 1.10 bits per heavy atom. The summed E-state index contributed by atoms with van der Waals surface area (Å²) in [6.07, 6.45) is 1.58. The van der Waals surface area contributed by atoms with Crippen molar-refractivity contribution in [3.63, 3.8) is 0 Å². The first-order valence-corrected chi connectivity index (χ1v) is 11.3. The van der Waals surface area contributed by atoms with Gasteiger partial charge in [0, 0.05) is 18.1 Å². The molecular weight excluding hydrogens is 432 g/mol. The lowest BCUT2D eigenvalue weighted by Crippen LogP contribution is -2.37. The Labute approximate surface area is 178 Å². The zero-order chi connectivity index (χ0) is 20.6. The van der Waals surface area contributed by atoms with Crippen LogP contribution >= 0.6 is 23.8 Å². The van der Waals surface area contributed by atoms with E-state index < -0.39 is 9.84 Å². The lowest BCUT2D eigenvalue weighted by molar-refractivity contribution is 0.122. The fourth-order valence-corrected chi connectivity index (χ4v) is 4.95. The molecule has 1 N–H and O–H groups in total. The number of aromatic amines is 1. The molecule has 152 valence electrons. The highest BCUT2D eigenvalue weighted by Gasteiger charge is 2.23. The summed E-state index contributed by atoms with van der Waals surface area (Å²) in [6, 6.07) is 9.75. The number of ether oxygens (including phenoxy) is 1. The number of nitrogens with zero attached hydrogens (tertiary/aromatic N) is 3. The van der Waals surface area contributed by atoms with Gasteiger partial charge in [-0.05, 0) is 61.1 Å². The standard InChI is InChI=1S/C19H19ClN4O3S2/c1-13-10-14(2-4-16(13)20)29(25,26)15-3-5-17(24-12-21-22-19(24)28)18(11-15)23-6-8-27-9-7-23/h2-5,10-12H,6-9H2,1H3,(H,22,28). The van der Waals surface area contributed by atoms with E-state index in [2.05, 4.69) is 15.1 Å². The van der Waals surface area contributed by atoms with Gasteiger partial charge in [0.05, 0.1) is 34.4 Å². The molecule has 3 aromatic rings. The lowest BCUT2D eigenvalue weighted by atomic mass is 10.2. The number of rotatable bonds is 4. The van der Waals surface area contributed by atoms with Crippen LogP contribution in [0.3, 0.4) is 0 Å². The highest BCUT2D eigenvalue weighted by atomic mass is 35.5. The molecule has 1 aromatic heterocycles. The summed E-state index contributed by atoms with van der Waals surface area (Å²) < 4.78 is 34.1. The zero-order valence-corrected chi connectivity index (χ0v) is 18.0. The Hall–Kier alpha value is -2.20. The Morgan fingerprint density at radius 3 is 2.45 bits per heavy atom. The number of H-pyrrole nitrogens is 1. The molecule has 0 spiro atoms. The number of sulfone groups is 1. The van der Waals surface area contributed by atoms with Gasteiger partial charge in [0.1, 0.15) is 6.33 Å². The minimum absolute atomic E-state index is 0.208. The van der Waals surface area contributed by atoms with Gasteiger partial charge in [-0.15, -0.1) is 0 Å². The normalized spacial score (nSPS) is 14.9. The predicted octanol–water partition coefficient (Wildman–Crippen LogP) is 3.56. The molecule has 1 aliphatic rings. The van der Waals surface area contributed by atoms with Crippen molar-refractivity contribution in [3.05, 3.63) is 58.1 Å². The topological polar surface area (TPSA) is 80.2 Å². The molecule has 0 aliphatic carbocycles. The van der Waals surface area contributed by atoms with E-state index >= 15 is 0 Å². The summed E-state index contributed by atoms with van der Waals surface area (Å²) in [5, 5.41) is 7.24. The highest BCUT2D eigenvalue weighted by Crippen LogP contribution is 2.32. The maximum Gasteiger partial charge on any atom is 0.206 e. The lowest BCUT2D eigenvalue weighted by Gasteiger charge is -2.31. The van der Waals surface area contributed by atoms with Crippen LogP contribution in [0.4, 0.5) is 5.69 Å². The van der Waals surface area contributed by atoms with Crippen molar-refractivity contribution in [3.8, 4) is 5.69 Å². The summed E-state index contributed by atoms with van der Waals surface area (Å²) in [4.78, 5) is 2.51. The molecule has 29 heavy (non-hydrogen) atoms. The third-order valence-corrected chi connectivity index (χ3v) is 7.32. The van der Waals surface area contributed by atoms with Crippen LogP contribution in [0.15, 0.2) is 52.5 Å². The van der Waals surface area contributed by atoms with Crippen molar-refractivity contribution < 1.29 is 13.2 Å². The maximum atomic E-state index is 13.3. The summed E-state index contributed by atoms with van der Waals surface area (Å²) in [7, 11) is -3.71. The number of aromatic nitrogens is 3. The molecular formula is C19H19ClN4O3S2. The molecule has 0 saturated carbocycles. The van der Waals surface area contributed by atoms with E-state index in [1.54, 1.807) is 48.1 Å². The minimum atomic E-state index is -3.71. The second-order valence-electron chi connectivity index (χ2n) is 6.70. The van der Waals surface area contributed by atoms with Crippen molar-refractivity contribution in [2.24, 2.45) is 0 Å². The van der Waals surface area contributed by atoms with Gasteiger partial charge >= 0.3 is 0 Å². The Bertz CT molecular complexity index is 1210. The van der Waals surface area contributed by atoms with Crippen LogP contribution in [0.2, 0.25) is 5.02 Å². The number of morpholine rings is 1. The average molecular weight is 451 g/mol. The van der Waals surface area contributed by atoms with Gasteiger partial charge in [0.25, 0.3) is 0 Å². The molecule has 0 radical (unpaired) electrons. The van der Waals surface area contributed by atoms with E-state index in [0.29, 0.717) is 41.7 Å². The number of hydrogen-bond acceptors (Lipinski definition) is 6. The van der Waals surface area contributed by atoms with Crippen LogP contribution in [0.1, 0.15) is 5.56 Å². The van der Waals surface area contributed by atoms with Gasteiger partial charge < -0.3 is 9.64 Å². The SMILES string of the molecule is Cc1cc(S(=O)(=O)c2ccc(-n3cn[nH]c3=S)c(N3CCOCC3)c2)ccc1Cl. The molecule has 2 heterocycles. The minimum Gasteiger partial charge on any atom is -0.378 e. The predicted molar refractivity (Wildman–Crippen MR) is 113 cm³/mol. The molecule has 7 nitrogen and oxygen atoms in total. The smallest absolute Gasteiger partial charge is 0.206 e. The summed E-state index contributed by atoms with van der Waals surface area (Å²) in [6.45, 7) is 4.24. The largest absolute Gasteiger partial charge is 0.378 e. The molecule has 0 bridgehead atoms. The summed E-state index contributed by atoms with van der Waals surface area (Å²) in [5.41, 5.74) is 2.23. The van der Waals surface area contributed by atoms with Crippen LogP contribution in [-0.4, -0.2) is 49.5 Å². The van der Waals surface area contributed by atoms with Gasteiger partial charge in [-0.2, -0.15) is 5.10 Å². The molecule has 0 unspecified atom stereocenters. The monoisotopic (exact) mass is 450 g/mol.